The highest BCUT2D eigenvalue weighted by molar-refractivity contribution is 7.93. The predicted octanol–water partition coefficient (Wildman–Crippen LogP) is 4.55. The van der Waals surface area contributed by atoms with E-state index in [0.29, 0.717) is 28.5 Å². The second-order valence-corrected chi connectivity index (χ2v) is 10.2. The van der Waals surface area contributed by atoms with E-state index in [2.05, 4.69) is 5.32 Å². The lowest BCUT2D eigenvalue weighted by Crippen LogP contribution is -2.38. The minimum absolute atomic E-state index is 0.121. The van der Waals surface area contributed by atoms with Crippen molar-refractivity contribution in [1.82, 2.24) is 9.62 Å². The molecule has 30 heavy (non-hydrogen) atoms. The van der Waals surface area contributed by atoms with Gasteiger partial charge in [-0.15, -0.1) is 0 Å². The maximum Gasteiger partial charge on any atom is 0.337 e. The fraction of sp³-hybridized carbons (Fsp3) is 0.500. The molecule has 0 aliphatic carbocycles. The molecule has 1 aliphatic rings. The second kappa shape index (κ2) is 9.98. The molecule has 0 radical (unpaired) electrons. The van der Waals surface area contributed by atoms with Gasteiger partial charge in [-0.25, -0.2) is 17.5 Å². The summed E-state index contributed by atoms with van der Waals surface area (Å²) >= 11 is 6.48. The first-order valence-electron chi connectivity index (χ1n) is 10.1. The summed E-state index contributed by atoms with van der Waals surface area (Å²) in [5.41, 5.74) is 1.84. The highest BCUT2D eigenvalue weighted by atomic mass is 35.5. The Bertz CT molecular complexity index is 967. The predicted molar refractivity (Wildman–Crippen MR) is 120 cm³/mol. The Morgan fingerprint density at radius 1 is 1.23 bits per heavy atom. The minimum Gasteiger partial charge on any atom is -0.460 e. The summed E-state index contributed by atoms with van der Waals surface area (Å²) in [4.78, 5) is 13.2. The van der Waals surface area contributed by atoms with Gasteiger partial charge >= 0.3 is 5.97 Å². The topological polar surface area (TPSA) is 75.7 Å². The third kappa shape index (κ3) is 5.07. The molecule has 1 atom stereocenters. The van der Waals surface area contributed by atoms with Crippen molar-refractivity contribution in [3.8, 4) is 0 Å². The first-order chi connectivity index (χ1) is 14.0. The Morgan fingerprint density at radius 2 is 1.87 bits per heavy atom. The van der Waals surface area contributed by atoms with Gasteiger partial charge in [-0.2, -0.15) is 0 Å². The monoisotopic (exact) mass is 454 g/mol. The molecule has 1 aliphatic heterocycles. The molecule has 1 aromatic carbocycles. The van der Waals surface area contributed by atoms with Crippen molar-refractivity contribution in [2.45, 2.75) is 59.5 Å². The van der Waals surface area contributed by atoms with Gasteiger partial charge < -0.3 is 10.1 Å². The number of unbranched alkanes of at least 4 members (excludes halogenated alkanes) is 1. The number of hydrogen-bond acceptors (Lipinski definition) is 5. The number of nitrogens with zero attached hydrogens (tertiary/aromatic N) is 1. The normalized spacial score (nSPS) is 17.6. The van der Waals surface area contributed by atoms with Crippen molar-refractivity contribution in [3.63, 3.8) is 0 Å². The lowest BCUT2D eigenvalue weighted by atomic mass is 9.86. The Labute approximate surface area is 185 Å². The quantitative estimate of drug-likeness (QED) is 0.583. The number of halogens is 1. The summed E-state index contributed by atoms with van der Waals surface area (Å²) in [7, 11) is -2.30. The number of allylic oxidation sites excluding steroid dienone is 3. The van der Waals surface area contributed by atoms with Crippen LogP contribution in [0.15, 0.2) is 46.1 Å². The van der Waals surface area contributed by atoms with E-state index in [1.807, 2.05) is 6.92 Å². The number of carbonyl (C=O) groups excluding carboxylic acids is 1. The molecule has 0 amide bonds. The number of dihydropyridines is 1. The molecule has 166 valence electrons. The number of carbonyl (C=O) groups is 1. The minimum atomic E-state index is -3.87. The molecule has 0 saturated carbocycles. The number of ether oxygens (including phenoxy) is 1. The van der Waals surface area contributed by atoms with Crippen molar-refractivity contribution in [2.75, 3.05) is 13.6 Å². The molecular formula is C22H31ClN2O4S. The number of rotatable bonds is 8. The molecule has 8 heteroatoms. The molecule has 0 aromatic heterocycles. The van der Waals surface area contributed by atoms with Crippen LogP contribution in [0.3, 0.4) is 0 Å². The van der Waals surface area contributed by atoms with Crippen LogP contribution in [0.25, 0.3) is 0 Å². The Morgan fingerprint density at radius 3 is 2.43 bits per heavy atom. The summed E-state index contributed by atoms with van der Waals surface area (Å²) in [5, 5.41) is 3.47. The average molecular weight is 455 g/mol. The number of esters is 1. The zero-order chi connectivity index (χ0) is 22.6. The molecule has 0 spiro atoms. The van der Waals surface area contributed by atoms with Crippen molar-refractivity contribution >= 4 is 27.6 Å². The highest BCUT2D eigenvalue weighted by Crippen LogP contribution is 2.44. The smallest absolute Gasteiger partial charge is 0.337 e. The van der Waals surface area contributed by atoms with Crippen molar-refractivity contribution < 1.29 is 17.9 Å². The first kappa shape index (κ1) is 24.4. The molecule has 1 aromatic rings. The highest BCUT2D eigenvalue weighted by Gasteiger charge is 2.42. The molecule has 0 saturated heterocycles. The molecule has 1 unspecified atom stereocenters. The Hall–Kier alpha value is -1.83. The van der Waals surface area contributed by atoms with Gasteiger partial charge in [0.2, 0.25) is 10.0 Å². The van der Waals surface area contributed by atoms with E-state index in [4.69, 9.17) is 16.3 Å². The average Bonchev–Trinajstić information content (AvgIpc) is 2.64. The number of nitrogens with one attached hydrogen (secondary N) is 1. The largest absolute Gasteiger partial charge is 0.460 e. The van der Waals surface area contributed by atoms with E-state index in [1.54, 1.807) is 59.0 Å². The van der Waals surface area contributed by atoms with Gasteiger partial charge in [0.15, 0.2) is 0 Å². The van der Waals surface area contributed by atoms with E-state index in [0.717, 1.165) is 12.8 Å². The summed E-state index contributed by atoms with van der Waals surface area (Å²) in [6.07, 6.45) is 1.27. The van der Waals surface area contributed by atoms with E-state index in [9.17, 15) is 13.2 Å². The van der Waals surface area contributed by atoms with Crippen LogP contribution in [0.4, 0.5) is 0 Å². The van der Waals surface area contributed by atoms with Gasteiger partial charge in [0.05, 0.1) is 22.5 Å². The molecule has 0 fully saturated rings. The van der Waals surface area contributed by atoms with Crippen molar-refractivity contribution in [2.24, 2.45) is 0 Å². The van der Waals surface area contributed by atoms with E-state index >= 15 is 0 Å². The van der Waals surface area contributed by atoms with Gasteiger partial charge in [0, 0.05) is 30.0 Å². The van der Waals surface area contributed by atoms with E-state index in [-0.39, 0.29) is 16.6 Å². The van der Waals surface area contributed by atoms with Crippen LogP contribution in [0.5, 0.6) is 0 Å². The lowest BCUT2D eigenvalue weighted by Gasteiger charge is -2.33. The SMILES string of the molecule is CCCCN(C)S(=O)(=O)C1=C(C)NC(C)=C(C(=O)OC(C)C)C1c1ccccc1Cl. The standard InChI is InChI=1S/C22H31ClN2O4S/c1-7-8-13-25(6)30(27,28)21-16(5)24-15(4)19(22(26)29-14(2)3)20(21)17-11-9-10-12-18(17)23/h9-12,14,20,24H,7-8,13H2,1-6H3. The van der Waals surface area contributed by atoms with Crippen LogP contribution in [-0.4, -0.2) is 38.4 Å². The zero-order valence-corrected chi connectivity index (χ0v) is 20.0. The zero-order valence-electron chi connectivity index (χ0n) is 18.5. The van der Waals surface area contributed by atoms with Gasteiger partial charge in [0.25, 0.3) is 0 Å². The van der Waals surface area contributed by atoms with E-state index in [1.165, 1.54) is 4.31 Å². The van der Waals surface area contributed by atoms with Crippen LogP contribution in [0.2, 0.25) is 5.02 Å². The van der Waals surface area contributed by atoms with Crippen LogP contribution in [-0.2, 0) is 19.6 Å². The molecule has 1 N–H and O–H groups in total. The third-order valence-electron chi connectivity index (χ3n) is 4.99. The molecule has 2 rings (SSSR count). The van der Waals surface area contributed by atoms with Crippen LogP contribution < -0.4 is 5.32 Å². The van der Waals surface area contributed by atoms with Gasteiger partial charge in [-0.05, 0) is 45.7 Å². The third-order valence-corrected chi connectivity index (χ3v) is 7.44. The van der Waals surface area contributed by atoms with Gasteiger partial charge in [-0.1, -0.05) is 43.1 Å². The van der Waals surface area contributed by atoms with Gasteiger partial charge in [-0.3, -0.25) is 0 Å². The fourth-order valence-corrected chi connectivity index (χ4v) is 5.47. The molecular weight excluding hydrogens is 424 g/mol. The summed E-state index contributed by atoms with van der Waals surface area (Å²) < 4.78 is 34.0. The van der Waals surface area contributed by atoms with Crippen LogP contribution in [0, 0.1) is 0 Å². The van der Waals surface area contributed by atoms with Crippen molar-refractivity contribution in [1.29, 1.82) is 0 Å². The van der Waals surface area contributed by atoms with Crippen LogP contribution >= 0.6 is 11.6 Å². The Balaban J connectivity index is 2.72. The number of sulfonamides is 1. The molecule has 6 nitrogen and oxygen atoms in total. The molecule has 1 heterocycles. The molecule has 0 bridgehead atoms. The lowest BCUT2D eigenvalue weighted by molar-refractivity contribution is -0.143. The van der Waals surface area contributed by atoms with Crippen molar-refractivity contribution in [3.05, 3.63) is 56.7 Å². The maximum absolute atomic E-state index is 13.6. The number of hydrogen-bond donors (Lipinski definition) is 1. The van der Waals surface area contributed by atoms with E-state index < -0.39 is 21.9 Å². The number of benzene rings is 1. The summed E-state index contributed by atoms with van der Waals surface area (Å²) in [6.45, 7) is 9.36. The maximum atomic E-state index is 13.6. The van der Waals surface area contributed by atoms with Gasteiger partial charge in [0.1, 0.15) is 0 Å². The van der Waals surface area contributed by atoms with Crippen LogP contribution in [0.1, 0.15) is 58.9 Å². The summed E-state index contributed by atoms with van der Waals surface area (Å²) in [5.74, 6) is -1.42. The fourth-order valence-electron chi connectivity index (χ4n) is 3.54. The first-order valence-corrected chi connectivity index (χ1v) is 11.9. The summed E-state index contributed by atoms with van der Waals surface area (Å²) in [6, 6.07) is 7.00. The Kier molecular flexibility index (Phi) is 8.13. The second-order valence-electron chi connectivity index (χ2n) is 7.74.